The van der Waals surface area contributed by atoms with E-state index in [4.69, 9.17) is 0 Å². The largest absolute Gasteiger partial charge is 0.370 e. The summed E-state index contributed by atoms with van der Waals surface area (Å²) in [7, 11) is 1.84. The van der Waals surface area contributed by atoms with E-state index in [0.29, 0.717) is 0 Å². The molecule has 0 unspecified atom stereocenters. The molecule has 0 saturated heterocycles. The molecule has 0 aromatic carbocycles. The van der Waals surface area contributed by atoms with Crippen LogP contribution in [-0.2, 0) is 6.54 Å². The number of nitrogens with zero attached hydrogens (tertiary/aromatic N) is 4. The first-order valence-electron chi connectivity index (χ1n) is 4.88. The number of nitrogens with one attached hydrogen (secondary N) is 1. The highest BCUT2D eigenvalue weighted by molar-refractivity contribution is 6.99. The van der Waals surface area contributed by atoms with E-state index < -0.39 is 0 Å². The Morgan fingerprint density at radius 2 is 2.33 bits per heavy atom. The van der Waals surface area contributed by atoms with Crippen LogP contribution in [0.5, 0.6) is 0 Å². The Labute approximate surface area is 92.5 Å². The highest BCUT2D eigenvalue weighted by Gasteiger charge is 2.13. The summed E-state index contributed by atoms with van der Waals surface area (Å²) in [5.41, 5.74) is 0.834. The van der Waals surface area contributed by atoms with E-state index in [1.165, 1.54) is 11.7 Å². The fraction of sp³-hybridized carbons (Fsp3) is 0.444. The van der Waals surface area contributed by atoms with E-state index in [-0.39, 0.29) is 0 Å². The molecule has 2 rings (SSSR count). The first-order chi connectivity index (χ1) is 7.36. The topological polar surface area (TPSA) is 55.6 Å². The number of anilines is 1. The Bertz CT molecular complexity index is 433. The molecule has 6 heteroatoms. The third-order valence-electron chi connectivity index (χ3n) is 2.12. The molecule has 2 heterocycles. The van der Waals surface area contributed by atoms with Crippen molar-refractivity contribution < 1.29 is 0 Å². The van der Waals surface area contributed by atoms with E-state index in [1.807, 2.05) is 13.2 Å². The second-order valence-electron chi connectivity index (χ2n) is 3.16. The SMILES string of the molecule is CCCn1ccnc1-c1nsnc1NC. The molecule has 0 radical (unpaired) electrons. The average molecular weight is 223 g/mol. The molecule has 0 spiro atoms. The molecule has 80 valence electrons. The van der Waals surface area contributed by atoms with Gasteiger partial charge in [-0.1, -0.05) is 6.92 Å². The monoisotopic (exact) mass is 223 g/mol. The second-order valence-corrected chi connectivity index (χ2v) is 3.68. The molecule has 5 nitrogen and oxygen atoms in total. The van der Waals surface area contributed by atoms with E-state index in [2.05, 4.69) is 30.5 Å². The molecule has 0 atom stereocenters. The summed E-state index contributed by atoms with van der Waals surface area (Å²) in [5.74, 6) is 1.68. The van der Waals surface area contributed by atoms with Crippen LogP contribution < -0.4 is 5.32 Å². The summed E-state index contributed by atoms with van der Waals surface area (Å²) in [4.78, 5) is 4.31. The molecule has 1 N–H and O–H groups in total. The maximum absolute atomic E-state index is 4.31. The van der Waals surface area contributed by atoms with Gasteiger partial charge in [0.05, 0.1) is 11.7 Å². The molecule has 0 aliphatic carbocycles. The summed E-state index contributed by atoms with van der Waals surface area (Å²) < 4.78 is 10.5. The number of hydrogen-bond acceptors (Lipinski definition) is 5. The van der Waals surface area contributed by atoms with Crippen LogP contribution in [0.25, 0.3) is 11.5 Å². The number of aromatic nitrogens is 4. The summed E-state index contributed by atoms with van der Waals surface area (Å²) >= 11 is 1.20. The van der Waals surface area contributed by atoms with Gasteiger partial charge < -0.3 is 9.88 Å². The van der Waals surface area contributed by atoms with Gasteiger partial charge in [-0.05, 0) is 6.42 Å². The molecule has 0 aliphatic heterocycles. The van der Waals surface area contributed by atoms with Crippen LogP contribution in [0.4, 0.5) is 5.82 Å². The molecule has 0 fully saturated rings. The highest BCUT2D eigenvalue weighted by atomic mass is 32.1. The maximum atomic E-state index is 4.31. The minimum absolute atomic E-state index is 0.795. The number of rotatable bonds is 4. The zero-order chi connectivity index (χ0) is 10.7. The van der Waals surface area contributed by atoms with Gasteiger partial charge in [0.2, 0.25) is 0 Å². The number of aryl methyl sites for hydroxylation is 1. The van der Waals surface area contributed by atoms with Crippen molar-refractivity contribution in [1.29, 1.82) is 0 Å². The lowest BCUT2D eigenvalue weighted by atomic mass is 10.4. The van der Waals surface area contributed by atoms with E-state index in [1.54, 1.807) is 6.20 Å². The van der Waals surface area contributed by atoms with Gasteiger partial charge in [-0.15, -0.1) is 0 Å². The fourth-order valence-corrected chi connectivity index (χ4v) is 2.00. The minimum Gasteiger partial charge on any atom is -0.370 e. The van der Waals surface area contributed by atoms with Gasteiger partial charge in [0.25, 0.3) is 0 Å². The fourth-order valence-electron chi connectivity index (χ4n) is 1.45. The van der Waals surface area contributed by atoms with Crippen molar-refractivity contribution in [2.75, 3.05) is 12.4 Å². The van der Waals surface area contributed by atoms with Crippen molar-refractivity contribution in [2.24, 2.45) is 0 Å². The lowest BCUT2D eigenvalue weighted by Crippen LogP contribution is -2.00. The van der Waals surface area contributed by atoms with Gasteiger partial charge in [-0.3, -0.25) is 0 Å². The average Bonchev–Trinajstić information content (AvgIpc) is 2.84. The van der Waals surface area contributed by atoms with Gasteiger partial charge in [-0.25, -0.2) is 4.98 Å². The standard InChI is InChI=1S/C9H13N5S/c1-3-5-14-6-4-11-9(14)7-8(10-2)13-15-12-7/h4,6H,3,5H2,1-2H3,(H,10,13). The Morgan fingerprint density at radius 3 is 3.07 bits per heavy atom. The lowest BCUT2D eigenvalue weighted by Gasteiger charge is -2.04. The van der Waals surface area contributed by atoms with E-state index >= 15 is 0 Å². The van der Waals surface area contributed by atoms with Crippen molar-refractivity contribution in [3.63, 3.8) is 0 Å². The second kappa shape index (κ2) is 4.39. The Hall–Kier alpha value is -1.43. The first kappa shape index (κ1) is 10.1. The molecule has 2 aromatic rings. The Kier molecular flexibility index (Phi) is 2.96. The van der Waals surface area contributed by atoms with Gasteiger partial charge in [0.15, 0.2) is 17.3 Å². The smallest absolute Gasteiger partial charge is 0.171 e. The van der Waals surface area contributed by atoms with Crippen LogP contribution in [-0.4, -0.2) is 25.3 Å². The summed E-state index contributed by atoms with van der Waals surface area (Å²) in [5, 5.41) is 3.02. The summed E-state index contributed by atoms with van der Waals surface area (Å²) in [6.07, 6.45) is 4.84. The van der Waals surface area contributed by atoms with Crippen molar-refractivity contribution >= 4 is 17.5 Å². The molecule has 0 aliphatic rings. The van der Waals surface area contributed by atoms with Crippen molar-refractivity contribution in [1.82, 2.24) is 18.3 Å². The Balaban J connectivity index is 2.40. The van der Waals surface area contributed by atoms with E-state index in [9.17, 15) is 0 Å². The molecule has 0 saturated carbocycles. The summed E-state index contributed by atoms with van der Waals surface area (Å²) in [6.45, 7) is 3.10. The van der Waals surface area contributed by atoms with Crippen LogP contribution in [0, 0.1) is 0 Å². The van der Waals surface area contributed by atoms with Gasteiger partial charge in [0.1, 0.15) is 0 Å². The molecular weight excluding hydrogens is 210 g/mol. The molecule has 0 amide bonds. The van der Waals surface area contributed by atoms with Crippen LogP contribution in [0.2, 0.25) is 0 Å². The predicted octanol–water partition coefficient (Wildman–Crippen LogP) is 1.85. The van der Waals surface area contributed by atoms with E-state index in [0.717, 1.165) is 30.3 Å². The Morgan fingerprint density at radius 1 is 1.47 bits per heavy atom. The maximum Gasteiger partial charge on any atom is 0.171 e. The first-order valence-corrected chi connectivity index (χ1v) is 5.61. The van der Waals surface area contributed by atoms with Crippen LogP contribution in [0.15, 0.2) is 12.4 Å². The molecule has 15 heavy (non-hydrogen) atoms. The molecule has 2 aromatic heterocycles. The van der Waals surface area contributed by atoms with Crippen LogP contribution in [0.1, 0.15) is 13.3 Å². The van der Waals surface area contributed by atoms with Crippen molar-refractivity contribution in [2.45, 2.75) is 19.9 Å². The normalized spacial score (nSPS) is 10.5. The third kappa shape index (κ3) is 1.85. The third-order valence-corrected chi connectivity index (χ3v) is 2.65. The van der Waals surface area contributed by atoms with Gasteiger partial charge in [0, 0.05) is 26.0 Å². The predicted molar refractivity (Wildman–Crippen MR) is 61.0 cm³/mol. The van der Waals surface area contributed by atoms with Gasteiger partial charge >= 0.3 is 0 Å². The summed E-state index contributed by atoms with van der Waals surface area (Å²) in [6, 6.07) is 0. The lowest BCUT2D eigenvalue weighted by molar-refractivity contribution is 0.684. The molecular formula is C9H13N5S. The minimum atomic E-state index is 0.795. The molecule has 0 bridgehead atoms. The van der Waals surface area contributed by atoms with Crippen LogP contribution in [0.3, 0.4) is 0 Å². The highest BCUT2D eigenvalue weighted by Crippen LogP contribution is 2.23. The zero-order valence-corrected chi connectivity index (χ0v) is 9.58. The van der Waals surface area contributed by atoms with Crippen LogP contribution >= 0.6 is 11.7 Å². The quantitative estimate of drug-likeness (QED) is 0.859. The van der Waals surface area contributed by atoms with Gasteiger partial charge in [-0.2, -0.15) is 8.75 Å². The zero-order valence-electron chi connectivity index (χ0n) is 8.77. The number of hydrogen-bond donors (Lipinski definition) is 1. The van der Waals surface area contributed by atoms with Crippen molar-refractivity contribution in [3.05, 3.63) is 12.4 Å². The van der Waals surface area contributed by atoms with Crippen molar-refractivity contribution in [3.8, 4) is 11.5 Å². The number of imidazole rings is 1.